The number of alkyl halides is 5. The summed E-state index contributed by atoms with van der Waals surface area (Å²) in [6, 6.07) is 0. The van der Waals surface area contributed by atoms with Gasteiger partial charge in [0.2, 0.25) is 5.76 Å². The third-order valence-electron chi connectivity index (χ3n) is 0.811. The molecule has 0 N–H and O–H groups in total. The first-order valence-corrected chi connectivity index (χ1v) is 2.33. The van der Waals surface area contributed by atoms with E-state index in [1.165, 1.54) is 0 Å². The van der Waals surface area contributed by atoms with Crippen LogP contribution in [0.15, 0.2) is 12.0 Å². The number of allylic oxidation sites excluding steroid dienone is 1. The van der Waals surface area contributed by atoms with Gasteiger partial charge in [0.25, 0.3) is 0 Å². The maximum Gasteiger partial charge on any atom is 0.585 e. The Morgan fingerprint density at radius 3 is 2.00 bits per heavy atom. The molecule has 1 rings (SSSR count). The lowest BCUT2D eigenvalue weighted by Gasteiger charge is -2.09. The van der Waals surface area contributed by atoms with Crippen molar-refractivity contribution in [3.8, 4) is 0 Å². The number of rotatable bonds is 0. The molecular formula is C4HF5O2. The Morgan fingerprint density at radius 1 is 1.27 bits per heavy atom. The van der Waals surface area contributed by atoms with Gasteiger partial charge < -0.3 is 9.47 Å². The molecule has 0 saturated heterocycles. The Morgan fingerprint density at radius 2 is 1.82 bits per heavy atom. The molecule has 0 atom stereocenters. The first-order chi connectivity index (χ1) is 4.81. The van der Waals surface area contributed by atoms with E-state index in [0.717, 1.165) is 0 Å². The molecule has 1 heterocycles. The monoisotopic (exact) mass is 176 g/mol. The van der Waals surface area contributed by atoms with Crippen molar-refractivity contribution in [2.45, 2.75) is 12.5 Å². The fourth-order valence-corrected chi connectivity index (χ4v) is 0.423. The lowest BCUT2D eigenvalue weighted by molar-refractivity contribution is -0.344. The number of halogens is 5. The second-order valence-electron chi connectivity index (χ2n) is 1.66. The molecule has 11 heavy (non-hydrogen) atoms. The lowest BCUT2D eigenvalue weighted by atomic mass is 10.5. The van der Waals surface area contributed by atoms with Crippen molar-refractivity contribution in [1.82, 2.24) is 0 Å². The number of hydrogen-bond donors (Lipinski definition) is 0. The third kappa shape index (κ3) is 1.72. The third-order valence-corrected chi connectivity index (χ3v) is 0.811. The van der Waals surface area contributed by atoms with Crippen molar-refractivity contribution in [2.24, 2.45) is 0 Å². The van der Waals surface area contributed by atoms with Gasteiger partial charge in [0, 0.05) is 0 Å². The molecule has 2 nitrogen and oxygen atoms in total. The summed E-state index contributed by atoms with van der Waals surface area (Å²) in [6.45, 7) is 0. The zero-order chi connectivity index (χ0) is 8.70. The summed E-state index contributed by atoms with van der Waals surface area (Å²) in [5.74, 6) is -1.83. The van der Waals surface area contributed by atoms with Crippen LogP contribution in [0.25, 0.3) is 0 Å². The van der Waals surface area contributed by atoms with E-state index in [9.17, 15) is 22.0 Å². The fraction of sp³-hybridized carbons (Fsp3) is 0.500. The van der Waals surface area contributed by atoms with E-state index in [1.807, 2.05) is 0 Å². The standard InChI is InChI=1S/C4HF5O2/c5-3(6,7)2-1-10-4(8,9)11-2/h1H. The van der Waals surface area contributed by atoms with Crippen LogP contribution in [0.2, 0.25) is 0 Å². The zero-order valence-electron chi connectivity index (χ0n) is 4.78. The van der Waals surface area contributed by atoms with Gasteiger partial charge in [0.15, 0.2) is 0 Å². The molecule has 0 aromatic carbocycles. The molecule has 0 saturated carbocycles. The molecule has 64 valence electrons. The Hall–Kier alpha value is -1.01. The van der Waals surface area contributed by atoms with E-state index >= 15 is 0 Å². The predicted octanol–water partition coefficient (Wildman–Crippen LogP) is 1.99. The molecule has 0 aromatic rings. The van der Waals surface area contributed by atoms with Crippen LogP contribution in [0, 0.1) is 0 Å². The lowest BCUT2D eigenvalue weighted by Crippen LogP contribution is -2.20. The normalized spacial score (nSPS) is 22.1. The summed E-state index contributed by atoms with van der Waals surface area (Å²) in [5.41, 5.74) is 0. The van der Waals surface area contributed by atoms with Crippen LogP contribution in [0.5, 0.6) is 0 Å². The van der Waals surface area contributed by atoms with Gasteiger partial charge in [-0.1, -0.05) is 0 Å². The van der Waals surface area contributed by atoms with Crippen LogP contribution in [0.4, 0.5) is 22.0 Å². The van der Waals surface area contributed by atoms with Gasteiger partial charge in [-0.2, -0.15) is 13.2 Å². The Kier molecular flexibility index (Phi) is 1.46. The predicted molar refractivity (Wildman–Crippen MR) is 21.3 cm³/mol. The molecule has 7 heteroatoms. The summed E-state index contributed by atoms with van der Waals surface area (Å²) in [4.78, 5) is 0. The van der Waals surface area contributed by atoms with Crippen LogP contribution >= 0.6 is 0 Å². The summed E-state index contributed by atoms with van der Waals surface area (Å²) in [5, 5.41) is 0. The Bertz CT molecular complexity index is 193. The van der Waals surface area contributed by atoms with Crippen molar-refractivity contribution in [1.29, 1.82) is 0 Å². The van der Waals surface area contributed by atoms with Crippen molar-refractivity contribution in [3.05, 3.63) is 12.0 Å². The number of hydrogen-bond acceptors (Lipinski definition) is 2. The van der Waals surface area contributed by atoms with Crippen LogP contribution in [0.1, 0.15) is 0 Å². The van der Waals surface area contributed by atoms with Gasteiger partial charge in [-0.05, 0) is 0 Å². The van der Waals surface area contributed by atoms with Crippen LogP contribution in [0.3, 0.4) is 0 Å². The molecule has 0 amide bonds. The van der Waals surface area contributed by atoms with Gasteiger partial charge in [0.1, 0.15) is 6.26 Å². The van der Waals surface area contributed by atoms with Crippen molar-refractivity contribution < 1.29 is 31.4 Å². The second-order valence-corrected chi connectivity index (χ2v) is 1.66. The van der Waals surface area contributed by atoms with Gasteiger partial charge in [0.05, 0.1) is 0 Å². The number of ether oxygens (including phenoxy) is 2. The van der Waals surface area contributed by atoms with E-state index < -0.39 is 18.2 Å². The molecular weight excluding hydrogens is 175 g/mol. The largest absolute Gasteiger partial charge is 0.585 e. The first-order valence-electron chi connectivity index (χ1n) is 2.33. The van der Waals surface area contributed by atoms with Crippen molar-refractivity contribution in [2.75, 3.05) is 0 Å². The average Bonchev–Trinajstić information content (AvgIpc) is 2.07. The maximum atomic E-state index is 11.7. The zero-order valence-corrected chi connectivity index (χ0v) is 4.78. The first kappa shape index (κ1) is 8.09. The molecule has 0 unspecified atom stereocenters. The average molecular weight is 176 g/mol. The maximum absolute atomic E-state index is 11.7. The van der Waals surface area contributed by atoms with Gasteiger partial charge in [-0.3, -0.25) is 0 Å². The molecule has 0 radical (unpaired) electrons. The Labute approximate surface area is 57.2 Å². The van der Waals surface area contributed by atoms with E-state index in [4.69, 9.17) is 0 Å². The minimum absolute atomic E-state index is 0.167. The van der Waals surface area contributed by atoms with Gasteiger partial charge in [-0.25, -0.2) is 0 Å². The Balaban J connectivity index is 2.68. The summed E-state index contributed by atoms with van der Waals surface area (Å²) >= 11 is 0. The molecule has 0 fully saturated rings. The van der Waals surface area contributed by atoms with Crippen LogP contribution in [-0.4, -0.2) is 12.5 Å². The minimum atomic E-state index is -4.93. The highest BCUT2D eigenvalue weighted by atomic mass is 19.4. The summed E-state index contributed by atoms with van der Waals surface area (Å²) in [6.07, 6.45) is -9.29. The quantitative estimate of drug-likeness (QED) is 0.525. The topological polar surface area (TPSA) is 18.5 Å². The van der Waals surface area contributed by atoms with Crippen molar-refractivity contribution in [3.63, 3.8) is 0 Å². The van der Waals surface area contributed by atoms with Crippen LogP contribution < -0.4 is 0 Å². The molecule has 0 aliphatic carbocycles. The molecule has 1 aliphatic heterocycles. The molecule has 0 aromatic heterocycles. The van der Waals surface area contributed by atoms with E-state index in [0.29, 0.717) is 0 Å². The molecule has 0 bridgehead atoms. The summed E-state index contributed by atoms with van der Waals surface area (Å²) in [7, 11) is 0. The summed E-state index contributed by atoms with van der Waals surface area (Å²) < 4.78 is 64.3. The van der Waals surface area contributed by atoms with Crippen molar-refractivity contribution >= 4 is 0 Å². The highest BCUT2D eigenvalue weighted by Gasteiger charge is 2.50. The van der Waals surface area contributed by atoms with Gasteiger partial charge in [-0.15, -0.1) is 8.78 Å². The second kappa shape index (κ2) is 1.99. The van der Waals surface area contributed by atoms with E-state index in [-0.39, 0.29) is 6.26 Å². The smallest absolute Gasteiger partial charge is 0.403 e. The highest BCUT2D eigenvalue weighted by Crippen LogP contribution is 2.37. The molecule has 1 aliphatic rings. The van der Waals surface area contributed by atoms with Crippen LogP contribution in [-0.2, 0) is 9.47 Å². The van der Waals surface area contributed by atoms with E-state index in [1.54, 1.807) is 0 Å². The minimum Gasteiger partial charge on any atom is -0.403 e. The fourth-order valence-electron chi connectivity index (χ4n) is 0.423. The van der Waals surface area contributed by atoms with E-state index in [2.05, 4.69) is 9.47 Å². The van der Waals surface area contributed by atoms with Gasteiger partial charge >= 0.3 is 12.5 Å². The SMILES string of the molecule is FC1(F)OC=C(C(F)(F)F)O1. The highest BCUT2D eigenvalue weighted by molar-refractivity contribution is 4.99. The molecule has 0 spiro atoms.